The predicted molar refractivity (Wildman–Crippen MR) is 109 cm³/mol. The Hall–Kier alpha value is -2.36. The van der Waals surface area contributed by atoms with E-state index >= 15 is 0 Å². The summed E-state index contributed by atoms with van der Waals surface area (Å²) in [6.45, 7) is 0. The Balaban J connectivity index is 1.37. The number of nitrogens with two attached hydrogens (primary N) is 1. The van der Waals surface area contributed by atoms with Crippen LogP contribution in [0.5, 0.6) is 0 Å². The van der Waals surface area contributed by atoms with Crippen LogP contribution in [0.25, 0.3) is 10.8 Å². The summed E-state index contributed by atoms with van der Waals surface area (Å²) < 4.78 is 0. The first-order valence-corrected chi connectivity index (χ1v) is 10.6. The van der Waals surface area contributed by atoms with E-state index in [2.05, 4.69) is 23.5 Å². The molecule has 4 fully saturated rings. The van der Waals surface area contributed by atoms with E-state index < -0.39 is 11.9 Å². The number of hydrogen-bond acceptors (Lipinski definition) is 2. The smallest absolute Gasteiger partial charge is 0.240 e. The molecule has 4 saturated carbocycles. The summed E-state index contributed by atoms with van der Waals surface area (Å²) in [5.41, 5.74) is 6.50. The lowest BCUT2D eigenvalue weighted by atomic mass is 9.49. The molecule has 1 atom stereocenters. The van der Waals surface area contributed by atoms with Gasteiger partial charge in [-0.3, -0.25) is 9.59 Å². The molecule has 0 spiro atoms. The fraction of sp³-hybridized carbons (Fsp3) is 0.500. The van der Waals surface area contributed by atoms with E-state index in [9.17, 15) is 9.59 Å². The van der Waals surface area contributed by atoms with Crippen LogP contribution in [0.3, 0.4) is 0 Å². The molecular weight excluding hydrogens is 348 g/mol. The molecule has 6 rings (SSSR count). The normalized spacial score (nSPS) is 31.6. The van der Waals surface area contributed by atoms with E-state index in [0.29, 0.717) is 24.2 Å². The molecule has 4 aliphatic carbocycles. The highest BCUT2D eigenvalue weighted by Crippen LogP contribution is 2.60. The molecule has 4 bridgehead atoms. The molecule has 3 N–H and O–H groups in total. The maximum atomic E-state index is 13.3. The van der Waals surface area contributed by atoms with Crippen LogP contribution < -0.4 is 11.1 Å². The molecule has 0 aromatic heterocycles. The van der Waals surface area contributed by atoms with Crippen molar-refractivity contribution in [2.45, 2.75) is 51.0 Å². The summed E-state index contributed by atoms with van der Waals surface area (Å²) in [6.07, 6.45) is 7.29. The maximum Gasteiger partial charge on any atom is 0.240 e. The van der Waals surface area contributed by atoms with Gasteiger partial charge in [0.2, 0.25) is 11.8 Å². The molecule has 0 aliphatic heterocycles. The fourth-order valence-electron chi connectivity index (χ4n) is 6.61. The summed E-state index contributed by atoms with van der Waals surface area (Å²) in [5, 5.41) is 5.32. The van der Waals surface area contributed by atoms with Crippen LogP contribution >= 0.6 is 0 Å². The molecule has 4 aliphatic rings. The minimum atomic E-state index is -0.661. The van der Waals surface area contributed by atoms with Crippen molar-refractivity contribution in [3.63, 3.8) is 0 Å². The first-order chi connectivity index (χ1) is 13.5. The van der Waals surface area contributed by atoms with Crippen molar-refractivity contribution in [3.05, 3.63) is 48.0 Å². The molecule has 4 heteroatoms. The number of rotatable bonds is 5. The van der Waals surface area contributed by atoms with Gasteiger partial charge in [0.05, 0.1) is 0 Å². The molecule has 0 heterocycles. The van der Waals surface area contributed by atoms with E-state index in [1.165, 1.54) is 19.3 Å². The first-order valence-electron chi connectivity index (χ1n) is 10.6. The summed E-state index contributed by atoms with van der Waals surface area (Å²) in [6, 6.07) is 13.5. The molecule has 28 heavy (non-hydrogen) atoms. The first kappa shape index (κ1) is 17.7. The third kappa shape index (κ3) is 2.99. The Bertz CT molecular complexity index is 895. The maximum absolute atomic E-state index is 13.3. The monoisotopic (exact) mass is 376 g/mol. The number of nitrogens with one attached hydrogen (secondary N) is 1. The SMILES string of the molecule is NC(=O)[C@H](Cc1cccc2ccccc12)NC(=O)C12CC3CC(CC(C3)C1)C2. The molecule has 2 aromatic carbocycles. The Labute approximate surface area is 165 Å². The van der Waals surface area contributed by atoms with E-state index in [1.807, 2.05) is 24.3 Å². The molecule has 0 unspecified atom stereocenters. The minimum absolute atomic E-state index is 0.0654. The number of primary amides is 1. The fourth-order valence-corrected chi connectivity index (χ4v) is 6.61. The van der Waals surface area contributed by atoms with Gasteiger partial charge in [0.25, 0.3) is 0 Å². The highest BCUT2D eigenvalue weighted by atomic mass is 16.2. The van der Waals surface area contributed by atoms with Gasteiger partial charge >= 0.3 is 0 Å². The number of hydrogen-bond donors (Lipinski definition) is 2. The second-order valence-electron chi connectivity index (χ2n) is 9.47. The van der Waals surface area contributed by atoms with Crippen molar-refractivity contribution in [1.29, 1.82) is 0 Å². The average Bonchev–Trinajstić information content (AvgIpc) is 2.66. The zero-order valence-electron chi connectivity index (χ0n) is 16.2. The van der Waals surface area contributed by atoms with Crippen molar-refractivity contribution in [1.82, 2.24) is 5.32 Å². The van der Waals surface area contributed by atoms with Gasteiger partial charge in [-0.15, -0.1) is 0 Å². The standard InChI is InChI=1S/C24H28N2O2/c25-22(27)21(11-19-6-3-5-18-4-1-2-7-20(18)19)26-23(28)24-12-15-8-16(13-24)10-17(9-15)14-24/h1-7,15-17,21H,8-14H2,(H2,25,27)(H,26,28)/t15?,16?,17?,21-,24?/m0/s1. The van der Waals surface area contributed by atoms with Gasteiger partial charge in [-0.25, -0.2) is 0 Å². The molecule has 146 valence electrons. The van der Waals surface area contributed by atoms with E-state index in [-0.39, 0.29) is 11.3 Å². The van der Waals surface area contributed by atoms with Crippen molar-refractivity contribution in [3.8, 4) is 0 Å². The summed E-state index contributed by atoms with van der Waals surface area (Å²) in [7, 11) is 0. The van der Waals surface area contributed by atoms with Crippen LogP contribution in [0.4, 0.5) is 0 Å². The highest BCUT2D eigenvalue weighted by molar-refractivity contribution is 5.91. The van der Waals surface area contributed by atoms with Crippen LogP contribution in [-0.2, 0) is 16.0 Å². The largest absolute Gasteiger partial charge is 0.368 e. The number of carbonyl (C=O) groups excluding carboxylic acids is 2. The van der Waals surface area contributed by atoms with Gasteiger partial charge in [0.1, 0.15) is 6.04 Å². The number of amides is 2. The second kappa shape index (κ2) is 6.61. The van der Waals surface area contributed by atoms with Crippen molar-refractivity contribution in [2.75, 3.05) is 0 Å². The Morgan fingerprint density at radius 1 is 0.964 bits per heavy atom. The Morgan fingerprint density at radius 2 is 1.57 bits per heavy atom. The molecule has 0 radical (unpaired) electrons. The Kier molecular flexibility index (Phi) is 4.18. The molecule has 4 nitrogen and oxygen atoms in total. The van der Waals surface area contributed by atoms with Gasteiger partial charge in [0, 0.05) is 11.8 Å². The van der Waals surface area contributed by atoms with Crippen molar-refractivity contribution >= 4 is 22.6 Å². The lowest BCUT2D eigenvalue weighted by molar-refractivity contribution is -0.148. The van der Waals surface area contributed by atoms with Crippen LogP contribution in [0.1, 0.15) is 44.1 Å². The lowest BCUT2D eigenvalue weighted by Crippen LogP contribution is -2.57. The summed E-state index contributed by atoms with van der Waals surface area (Å²) in [4.78, 5) is 25.6. The summed E-state index contributed by atoms with van der Waals surface area (Å²) >= 11 is 0. The van der Waals surface area contributed by atoms with Gasteiger partial charge < -0.3 is 11.1 Å². The van der Waals surface area contributed by atoms with Gasteiger partial charge in [0.15, 0.2) is 0 Å². The zero-order chi connectivity index (χ0) is 19.3. The number of carbonyl (C=O) groups is 2. The van der Waals surface area contributed by atoms with Gasteiger partial charge in [-0.2, -0.15) is 0 Å². The topological polar surface area (TPSA) is 72.2 Å². The quantitative estimate of drug-likeness (QED) is 0.837. The third-order valence-corrected chi connectivity index (χ3v) is 7.47. The van der Waals surface area contributed by atoms with Gasteiger partial charge in [-0.05, 0) is 72.6 Å². The van der Waals surface area contributed by atoms with Crippen LogP contribution in [0.15, 0.2) is 42.5 Å². The summed E-state index contributed by atoms with van der Waals surface area (Å²) in [5.74, 6) is 1.70. The predicted octanol–water partition coefficient (Wildman–Crippen LogP) is 3.57. The van der Waals surface area contributed by atoms with Crippen LogP contribution in [-0.4, -0.2) is 17.9 Å². The number of benzene rings is 2. The lowest BCUT2D eigenvalue weighted by Gasteiger charge is -2.55. The molecule has 0 saturated heterocycles. The van der Waals surface area contributed by atoms with Crippen LogP contribution in [0, 0.1) is 23.2 Å². The zero-order valence-corrected chi connectivity index (χ0v) is 16.2. The highest BCUT2D eigenvalue weighted by Gasteiger charge is 2.54. The van der Waals surface area contributed by atoms with E-state index in [4.69, 9.17) is 5.73 Å². The van der Waals surface area contributed by atoms with Crippen LogP contribution in [0.2, 0.25) is 0 Å². The molecule has 2 aromatic rings. The second-order valence-corrected chi connectivity index (χ2v) is 9.47. The Morgan fingerprint density at radius 3 is 2.21 bits per heavy atom. The van der Waals surface area contributed by atoms with E-state index in [0.717, 1.165) is 35.6 Å². The molecule has 2 amide bonds. The van der Waals surface area contributed by atoms with E-state index in [1.54, 1.807) is 0 Å². The third-order valence-electron chi connectivity index (χ3n) is 7.47. The minimum Gasteiger partial charge on any atom is -0.368 e. The van der Waals surface area contributed by atoms with Gasteiger partial charge in [-0.1, -0.05) is 42.5 Å². The van der Waals surface area contributed by atoms with Crippen molar-refractivity contribution in [2.24, 2.45) is 28.9 Å². The van der Waals surface area contributed by atoms with Crippen molar-refractivity contribution < 1.29 is 9.59 Å². The number of fused-ring (bicyclic) bond motifs is 1. The molecular formula is C24H28N2O2. The average molecular weight is 377 g/mol.